The van der Waals surface area contributed by atoms with Gasteiger partial charge in [0, 0.05) is 25.3 Å². The molecular weight excluding hydrogens is 278 g/mol. The van der Waals surface area contributed by atoms with Crippen molar-refractivity contribution in [2.45, 2.75) is 62.9 Å². The predicted octanol–water partition coefficient (Wildman–Crippen LogP) is 1.51. The summed E-state index contributed by atoms with van der Waals surface area (Å²) in [4.78, 5) is 14.7. The molecule has 0 radical (unpaired) electrons. The van der Waals surface area contributed by atoms with Crippen molar-refractivity contribution >= 4 is 5.91 Å². The molecule has 0 bridgehead atoms. The number of amides is 1. The van der Waals surface area contributed by atoms with Crippen LogP contribution in [0, 0.1) is 5.92 Å². The van der Waals surface area contributed by atoms with Crippen LogP contribution < -0.4 is 11.1 Å². The van der Waals surface area contributed by atoms with Gasteiger partial charge in [0.1, 0.15) is 0 Å². The summed E-state index contributed by atoms with van der Waals surface area (Å²) in [6.07, 6.45) is 9.23. The van der Waals surface area contributed by atoms with E-state index in [1.165, 1.54) is 25.7 Å². The van der Waals surface area contributed by atoms with E-state index in [4.69, 9.17) is 10.5 Å². The molecule has 1 aliphatic carbocycles. The summed E-state index contributed by atoms with van der Waals surface area (Å²) in [5, 5.41) is 3.15. The molecule has 0 aromatic carbocycles. The summed E-state index contributed by atoms with van der Waals surface area (Å²) in [6.45, 7) is 2.18. The summed E-state index contributed by atoms with van der Waals surface area (Å²) < 4.78 is 5.35. The van der Waals surface area contributed by atoms with E-state index in [0.29, 0.717) is 0 Å². The minimum atomic E-state index is -0.395. The van der Waals surface area contributed by atoms with E-state index in [9.17, 15) is 4.79 Å². The first-order chi connectivity index (χ1) is 10.6. The van der Waals surface area contributed by atoms with Crippen molar-refractivity contribution in [3.05, 3.63) is 0 Å². The third-order valence-corrected chi connectivity index (χ3v) is 5.65. The average Bonchev–Trinajstić information content (AvgIpc) is 2.79. The predicted molar refractivity (Wildman–Crippen MR) is 88.6 cm³/mol. The van der Waals surface area contributed by atoms with E-state index >= 15 is 0 Å². The summed E-state index contributed by atoms with van der Waals surface area (Å²) in [6, 6.07) is -0.395. The Balaban J connectivity index is 1.89. The molecule has 2 rings (SSSR count). The largest absolute Gasteiger partial charge is 0.381 e. The van der Waals surface area contributed by atoms with Gasteiger partial charge in [0.15, 0.2) is 0 Å². The quantitative estimate of drug-likeness (QED) is 0.755. The van der Waals surface area contributed by atoms with E-state index in [2.05, 4.69) is 24.3 Å². The van der Waals surface area contributed by atoms with E-state index in [0.717, 1.165) is 45.4 Å². The molecule has 5 nitrogen and oxygen atoms in total. The highest BCUT2D eigenvalue weighted by Gasteiger charge is 2.34. The van der Waals surface area contributed by atoms with Crippen LogP contribution in [0.1, 0.15) is 51.4 Å². The van der Waals surface area contributed by atoms with Crippen LogP contribution in [0.25, 0.3) is 0 Å². The molecule has 3 N–H and O–H groups in total. The molecule has 2 fully saturated rings. The lowest BCUT2D eigenvalue weighted by Crippen LogP contribution is -2.56. The van der Waals surface area contributed by atoms with Gasteiger partial charge in [-0.2, -0.15) is 0 Å². The Labute approximate surface area is 134 Å². The molecule has 1 saturated heterocycles. The van der Waals surface area contributed by atoms with Gasteiger partial charge in [-0.05, 0) is 45.7 Å². The highest BCUT2D eigenvalue weighted by Crippen LogP contribution is 2.30. The molecule has 1 amide bonds. The van der Waals surface area contributed by atoms with Gasteiger partial charge in [0.25, 0.3) is 0 Å². The van der Waals surface area contributed by atoms with Gasteiger partial charge in [-0.15, -0.1) is 0 Å². The van der Waals surface area contributed by atoms with Crippen LogP contribution in [0.2, 0.25) is 0 Å². The third-order valence-electron chi connectivity index (χ3n) is 5.65. The van der Waals surface area contributed by atoms with Crippen molar-refractivity contribution in [1.82, 2.24) is 10.2 Å². The van der Waals surface area contributed by atoms with Gasteiger partial charge in [0.2, 0.25) is 5.91 Å². The monoisotopic (exact) mass is 311 g/mol. The minimum absolute atomic E-state index is 0.0115. The summed E-state index contributed by atoms with van der Waals surface area (Å²) in [5.41, 5.74) is 6.28. The van der Waals surface area contributed by atoms with Gasteiger partial charge in [-0.25, -0.2) is 0 Å². The molecule has 128 valence electrons. The Morgan fingerprint density at radius 3 is 2.36 bits per heavy atom. The van der Waals surface area contributed by atoms with Gasteiger partial charge in [-0.1, -0.05) is 25.7 Å². The summed E-state index contributed by atoms with van der Waals surface area (Å²) >= 11 is 0. The molecule has 1 heterocycles. The molecule has 2 aliphatic rings. The molecular formula is C17H33N3O2. The molecule has 1 atom stereocenters. The van der Waals surface area contributed by atoms with Crippen molar-refractivity contribution < 1.29 is 9.53 Å². The van der Waals surface area contributed by atoms with Crippen LogP contribution >= 0.6 is 0 Å². The first kappa shape index (κ1) is 17.7. The van der Waals surface area contributed by atoms with Gasteiger partial charge in [-0.3, -0.25) is 4.79 Å². The molecule has 1 unspecified atom stereocenters. The second-order valence-electron chi connectivity index (χ2n) is 7.23. The van der Waals surface area contributed by atoms with Crippen LogP contribution in [0.4, 0.5) is 0 Å². The SMILES string of the molecule is CN(C)C1(CNC(=O)C(N)C2CCOCC2)CCCCCC1. The Hall–Kier alpha value is -0.650. The number of nitrogens with two attached hydrogens (primary N) is 1. The van der Waals surface area contributed by atoms with E-state index in [1.54, 1.807) is 0 Å². The van der Waals surface area contributed by atoms with Crippen LogP contribution in [0.3, 0.4) is 0 Å². The molecule has 1 saturated carbocycles. The number of nitrogens with zero attached hydrogens (tertiary/aromatic N) is 1. The zero-order valence-electron chi connectivity index (χ0n) is 14.3. The third kappa shape index (κ3) is 4.43. The van der Waals surface area contributed by atoms with E-state index in [-0.39, 0.29) is 17.4 Å². The second kappa shape index (κ2) is 8.27. The fourth-order valence-electron chi connectivity index (χ4n) is 3.83. The zero-order valence-corrected chi connectivity index (χ0v) is 14.3. The number of hydrogen-bond acceptors (Lipinski definition) is 4. The fraction of sp³-hybridized carbons (Fsp3) is 0.941. The van der Waals surface area contributed by atoms with Gasteiger partial charge in [0.05, 0.1) is 6.04 Å². The topological polar surface area (TPSA) is 67.6 Å². The molecule has 0 spiro atoms. The van der Waals surface area contributed by atoms with Crippen molar-refractivity contribution in [3.8, 4) is 0 Å². The lowest BCUT2D eigenvalue weighted by molar-refractivity contribution is -0.125. The highest BCUT2D eigenvalue weighted by atomic mass is 16.5. The maximum Gasteiger partial charge on any atom is 0.237 e. The Bertz CT molecular complexity index is 346. The highest BCUT2D eigenvalue weighted by molar-refractivity contribution is 5.81. The van der Waals surface area contributed by atoms with Crippen LogP contribution in [0.5, 0.6) is 0 Å². The Kier molecular flexibility index (Phi) is 6.66. The number of nitrogens with one attached hydrogen (secondary N) is 1. The van der Waals surface area contributed by atoms with Crippen LogP contribution in [0.15, 0.2) is 0 Å². The zero-order chi connectivity index (χ0) is 16.0. The summed E-state index contributed by atoms with van der Waals surface area (Å²) in [5.74, 6) is 0.274. The van der Waals surface area contributed by atoms with Crippen LogP contribution in [-0.4, -0.2) is 56.2 Å². The Morgan fingerprint density at radius 2 is 1.82 bits per heavy atom. The van der Waals surface area contributed by atoms with E-state index < -0.39 is 6.04 Å². The second-order valence-corrected chi connectivity index (χ2v) is 7.23. The maximum atomic E-state index is 12.4. The van der Waals surface area contributed by atoms with Crippen molar-refractivity contribution in [1.29, 1.82) is 0 Å². The van der Waals surface area contributed by atoms with E-state index in [1.807, 2.05) is 0 Å². The molecule has 1 aliphatic heterocycles. The number of carbonyl (C=O) groups excluding carboxylic acids is 1. The molecule has 0 aromatic heterocycles. The molecule has 5 heteroatoms. The number of ether oxygens (including phenoxy) is 1. The minimum Gasteiger partial charge on any atom is -0.381 e. The first-order valence-corrected chi connectivity index (χ1v) is 8.84. The van der Waals surface area contributed by atoms with Gasteiger partial charge >= 0.3 is 0 Å². The smallest absolute Gasteiger partial charge is 0.237 e. The van der Waals surface area contributed by atoms with Crippen molar-refractivity contribution in [3.63, 3.8) is 0 Å². The van der Waals surface area contributed by atoms with Gasteiger partial charge < -0.3 is 20.7 Å². The number of hydrogen-bond donors (Lipinski definition) is 2. The Morgan fingerprint density at radius 1 is 1.23 bits per heavy atom. The number of likely N-dealkylation sites (N-methyl/N-ethyl adjacent to an activating group) is 1. The first-order valence-electron chi connectivity index (χ1n) is 8.84. The standard InChI is InChI=1S/C17H33N3O2/c1-20(2)17(9-5-3-4-6-10-17)13-19-16(21)15(18)14-7-11-22-12-8-14/h14-15H,3-13,18H2,1-2H3,(H,19,21). The fourth-order valence-corrected chi connectivity index (χ4v) is 3.83. The van der Waals surface area contributed by atoms with Crippen molar-refractivity contribution in [2.24, 2.45) is 11.7 Å². The maximum absolute atomic E-state index is 12.4. The number of rotatable bonds is 5. The van der Waals surface area contributed by atoms with Crippen LogP contribution in [-0.2, 0) is 9.53 Å². The molecule has 0 aromatic rings. The number of carbonyl (C=O) groups is 1. The normalized spacial score (nSPS) is 24.7. The summed E-state index contributed by atoms with van der Waals surface area (Å²) in [7, 11) is 4.27. The average molecular weight is 311 g/mol. The lowest BCUT2D eigenvalue weighted by atomic mass is 9.88. The molecule has 22 heavy (non-hydrogen) atoms. The van der Waals surface area contributed by atoms with Crippen molar-refractivity contribution in [2.75, 3.05) is 33.9 Å². The lowest BCUT2D eigenvalue weighted by Gasteiger charge is -2.40.